The van der Waals surface area contributed by atoms with Gasteiger partial charge in [0.25, 0.3) is 5.91 Å². The van der Waals surface area contributed by atoms with Crippen LogP contribution >= 0.6 is 0 Å². The third kappa shape index (κ3) is 5.07. The van der Waals surface area contributed by atoms with Crippen LogP contribution in [-0.2, 0) is 6.54 Å². The van der Waals surface area contributed by atoms with Crippen LogP contribution in [0, 0.1) is 0 Å². The van der Waals surface area contributed by atoms with Gasteiger partial charge in [0.15, 0.2) is 0 Å². The van der Waals surface area contributed by atoms with Gasteiger partial charge in [0.05, 0.1) is 0 Å². The van der Waals surface area contributed by atoms with Gasteiger partial charge in [-0.15, -0.1) is 0 Å². The number of nitrogens with one attached hydrogen (secondary N) is 2. The summed E-state index contributed by atoms with van der Waals surface area (Å²) in [6.07, 6.45) is 8.81. The lowest BCUT2D eigenvalue weighted by Gasteiger charge is -2.28. The van der Waals surface area contributed by atoms with Crippen molar-refractivity contribution in [1.29, 1.82) is 0 Å². The Morgan fingerprint density at radius 3 is 2.45 bits per heavy atom. The highest BCUT2D eigenvalue weighted by molar-refractivity contribution is 5.92. The van der Waals surface area contributed by atoms with Crippen molar-refractivity contribution in [2.75, 3.05) is 23.3 Å². The van der Waals surface area contributed by atoms with E-state index in [0.717, 1.165) is 24.3 Å². The Hall–Kier alpha value is -3.48. The first-order chi connectivity index (χ1) is 14.3. The van der Waals surface area contributed by atoms with Gasteiger partial charge in [-0.2, -0.15) is 0 Å². The van der Waals surface area contributed by atoms with E-state index in [1.54, 1.807) is 24.7 Å². The molecule has 1 saturated heterocycles. The molecular weight excluding hydrogens is 364 g/mol. The predicted molar refractivity (Wildman–Crippen MR) is 113 cm³/mol. The van der Waals surface area contributed by atoms with Gasteiger partial charge in [0, 0.05) is 49.6 Å². The van der Waals surface area contributed by atoms with Gasteiger partial charge in [0.2, 0.25) is 5.95 Å². The van der Waals surface area contributed by atoms with Gasteiger partial charge < -0.3 is 15.5 Å². The zero-order valence-corrected chi connectivity index (χ0v) is 16.2. The molecule has 0 unspecified atom stereocenters. The molecule has 1 aliphatic heterocycles. The van der Waals surface area contributed by atoms with Crippen LogP contribution in [0.2, 0.25) is 0 Å². The molecule has 3 aromatic rings. The van der Waals surface area contributed by atoms with Crippen molar-refractivity contribution < 1.29 is 4.79 Å². The van der Waals surface area contributed by atoms with Crippen LogP contribution in [0.4, 0.5) is 17.3 Å². The summed E-state index contributed by atoms with van der Waals surface area (Å²) in [6.45, 7) is 2.66. The number of pyridine rings is 1. The smallest absolute Gasteiger partial charge is 0.270 e. The Morgan fingerprint density at radius 1 is 0.931 bits per heavy atom. The van der Waals surface area contributed by atoms with Crippen molar-refractivity contribution in [2.45, 2.75) is 25.8 Å². The summed E-state index contributed by atoms with van der Waals surface area (Å²) in [6, 6.07) is 13.6. The number of rotatable bonds is 6. The number of carbonyl (C=O) groups excluding carboxylic acids is 1. The minimum Gasteiger partial charge on any atom is -0.372 e. The average molecular weight is 388 g/mol. The maximum atomic E-state index is 12.4. The van der Waals surface area contributed by atoms with Crippen LogP contribution in [0.1, 0.15) is 35.3 Å². The Balaban J connectivity index is 1.37. The predicted octanol–water partition coefficient (Wildman–Crippen LogP) is 3.54. The van der Waals surface area contributed by atoms with E-state index in [1.165, 1.54) is 24.9 Å². The highest BCUT2D eigenvalue weighted by Crippen LogP contribution is 2.22. The average Bonchev–Trinajstić information content (AvgIpc) is 2.79. The van der Waals surface area contributed by atoms with Gasteiger partial charge >= 0.3 is 0 Å². The molecule has 3 heterocycles. The molecule has 2 aromatic heterocycles. The fourth-order valence-corrected chi connectivity index (χ4v) is 3.36. The van der Waals surface area contributed by atoms with E-state index in [-0.39, 0.29) is 5.91 Å². The van der Waals surface area contributed by atoms with Gasteiger partial charge in [0.1, 0.15) is 5.69 Å². The number of benzene rings is 1. The highest BCUT2D eigenvalue weighted by atomic mass is 16.1. The molecule has 1 amide bonds. The monoisotopic (exact) mass is 388 g/mol. The molecule has 0 radical (unpaired) electrons. The number of anilines is 3. The Bertz CT molecular complexity index is 939. The Morgan fingerprint density at radius 2 is 1.69 bits per heavy atom. The van der Waals surface area contributed by atoms with E-state index in [1.807, 2.05) is 24.3 Å². The van der Waals surface area contributed by atoms with E-state index in [2.05, 4.69) is 42.6 Å². The topological polar surface area (TPSA) is 83.0 Å². The lowest BCUT2D eigenvalue weighted by Crippen LogP contribution is -2.29. The van der Waals surface area contributed by atoms with Crippen molar-refractivity contribution in [3.63, 3.8) is 0 Å². The van der Waals surface area contributed by atoms with Crippen LogP contribution in [0.15, 0.2) is 61.1 Å². The maximum absolute atomic E-state index is 12.4. The standard InChI is InChI=1S/C22H24N6O/c29-21(25-16-17-8-11-23-12-9-17)20-10-13-24-22(27-20)26-18-4-6-19(7-5-18)28-14-2-1-3-15-28/h4-13H,1-3,14-16H2,(H,25,29)(H,24,26,27). The van der Waals surface area contributed by atoms with Crippen LogP contribution in [-0.4, -0.2) is 33.9 Å². The molecule has 4 rings (SSSR count). The highest BCUT2D eigenvalue weighted by Gasteiger charge is 2.11. The Labute approximate surface area is 170 Å². The van der Waals surface area contributed by atoms with E-state index in [0.29, 0.717) is 18.2 Å². The normalized spacial score (nSPS) is 13.7. The molecule has 148 valence electrons. The molecule has 0 saturated carbocycles. The van der Waals surface area contributed by atoms with E-state index in [9.17, 15) is 4.79 Å². The SMILES string of the molecule is O=C(NCc1ccncc1)c1ccnc(Nc2ccc(N3CCCCC3)cc2)n1. The van der Waals surface area contributed by atoms with Gasteiger partial charge in [-0.25, -0.2) is 9.97 Å². The summed E-state index contributed by atoms with van der Waals surface area (Å²) < 4.78 is 0. The van der Waals surface area contributed by atoms with E-state index < -0.39 is 0 Å². The zero-order chi connectivity index (χ0) is 19.9. The zero-order valence-electron chi connectivity index (χ0n) is 16.2. The largest absolute Gasteiger partial charge is 0.372 e. The lowest BCUT2D eigenvalue weighted by atomic mass is 10.1. The van der Waals surface area contributed by atoms with Crippen LogP contribution in [0.3, 0.4) is 0 Å². The second kappa shape index (κ2) is 9.14. The van der Waals surface area contributed by atoms with Gasteiger partial charge in [-0.1, -0.05) is 0 Å². The van der Waals surface area contributed by atoms with Crippen molar-refractivity contribution in [2.24, 2.45) is 0 Å². The van der Waals surface area contributed by atoms with E-state index >= 15 is 0 Å². The van der Waals surface area contributed by atoms with Gasteiger partial charge in [-0.3, -0.25) is 9.78 Å². The van der Waals surface area contributed by atoms with Crippen molar-refractivity contribution in [1.82, 2.24) is 20.3 Å². The molecule has 0 aliphatic carbocycles. The second-order valence-corrected chi connectivity index (χ2v) is 7.02. The number of piperidine rings is 1. The number of carbonyl (C=O) groups is 1. The minimum absolute atomic E-state index is 0.243. The molecule has 7 heteroatoms. The fourth-order valence-electron chi connectivity index (χ4n) is 3.36. The summed E-state index contributed by atoms with van der Waals surface area (Å²) in [7, 11) is 0. The summed E-state index contributed by atoms with van der Waals surface area (Å²) in [5.74, 6) is 0.153. The number of amides is 1. The quantitative estimate of drug-likeness (QED) is 0.672. The second-order valence-electron chi connectivity index (χ2n) is 7.02. The minimum atomic E-state index is -0.243. The first kappa shape index (κ1) is 18.9. The molecule has 0 atom stereocenters. The van der Waals surface area contributed by atoms with Crippen molar-refractivity contribution in [3.05, 3.63) is 72.3 Å². The van der Waals surface area contributed by atoms with Crippen molar-refractivity contribution in [3.8, 4) is 0 Å². The first-order valence-electron chi connectivity index (χ1n) is 9.90. The molecule has 2 N–H and O–H groups in total. The van der Waals surface area contributed by atoms with E-state index in [4.69, 9.17) is 0 Å². The molecule has 0 spiro atoms. The molecule has 0 bridgehead atoms. The third-order valence-electron chi connectivity index (χ3n) is 4.94. The van der Waals surface area contributed by atoms with Crippen LogP contribution < -0.4 is 15.5 Å². The molecule has 1 aromatic carbocycles. The van der Waals surface area contributed by atoms with Crippen LogP contribution in [0.5, 0.6) is 0 Å². The number of hydrogen-bond donors (Lipinski definition) is 2. The summed E-state index contributed by atoms with van der Waals surface area (Å²) in [4.78, 5) is 27.3. The summed E-state index contributed by atoms with van der Waals surface area (Å²) in [5, 5.41) is 6.03. The van der Waals surface area contributed by atoms with Crippen molar-refractivity contribution >= 4 is 23.2 Å². The van der Waals surface area contributed by atoms with Gasteiger partial charge in [-0.05, 0) is 67.3 Å². The molecule has 1 fully saturated rings. The third-order valence-corrected chi connectivity index (χ3v) is 4.94. The molecule has 7 nitrogen and oxygen atoms in total. The fraction of sp³-hybridized carbons (Fsp3) is 0.273. The summed E-state index contributed by atoms with van der Waals surface area (Å²) >= 11 is 0. The Kier molecular flexibility index (Phi) is 5.95. The molecule has 1 aliphatic rings. The number of nitrogens with zero attached hydrogens (tertiary/aromatic N) is 4. The first-order valence-corrected chi connectivity index (χ1v) is 9.90. The lowest BCUT2D eigenvalue weighted by molar-refractivity contribution is 0.0946. The van der Waals surface area contributed by atoms with Crippen LogP contribution in [0.25, 0.3) is 0 Å². The number of aromatic nitrogens is 3. The summed E-state index contributed by atoms with van der Waals surface area (Å²) in [5.41, 5.74) is 3.43. The number of hydrogen-bond acceptors (Lipinski definition) is 6. The molecule has 29 heavy (non-hydrogen) atoms. The molecular formula is C22H24N6O. The maximum Gasteiger partial charge on any atom is 0.270 e.